The van der Waals surface area contributed by atoms with Crippen LogP contribution >= 0.6 is 22.9 Å². The third-order valence-electron chi connectivity index (χ3n) is 5.98. The second-order valence-electron chi connectivity index (χ2n) is 9.13. The number of carbonyl (C=O) groups is 2. The maximum absolute atomic E-state index is 14.7. The quantitative estimate of drug-likeness (QED) is 0.392. The molecule has 0 radical (unpaired) electrons. The Morgan fingerprint density at radius 1 is 1.25 bits per heavy atom. The van der Waals surface area contributed by atoms with Crippen molar-refractivity contribution in [2.75, 3.05) is 23.3 Å². The molecule has 1 fully saturated rings. The summed E-state index contributed by atoms with van der Waals surface area (Å²) in [7, 11) is 0. The summed E-state index contributed by atoms with van der Waals surface area (Å²) in [6, 6.07) is 5.81. The van der Waals surface area contributed by atoms with Crippen molar-refractivity contribution < 1.29 is 23.5 Å². The number of piperidine rings is 1. The molecule has 1 amide bonds. The molecule has 1 aliphatic rings. The highest BCUT2D eigenvalue weighted by molar-refractivity contribution is 7.14. The Bertz CT molecular complexity index is 1290. The minimum Gasteiger partial charge on any atom is -0.481 e. The van der Waals surface area contributed by atoms with Crippen LogP contribution in [0.2, 0.25) is 5.02 Å². The van der Waals surface area contributed by atoms with Crippen LogP contribution in [0.1, 0.15) is 42.6 Å². The number of carboxylic acid groups (broad SMARTS) is 1. The van der Waals surface area contributed by atoms with Gasteiger partial charge in [-0.3, -0.25) is 14.9 Å². The molecule has 2 N–H and O–H groups in total. The van der Waals surface area contributed by atoms with Crippen molar-refractivity contribution in [3.8, 4) is 11.3 Å². The highest BCUT2D eigenvalue weighted by Crippen LogP contribution is 2.32. The van der Waals surface area contributed by atoms with E-state index in [4.69, 9.17) is 16.7 Å². The molecule has 2 aromatic heterocycles. The minimum atomic E-state index is -0.807. The molecule has 0 saturated carbocycles. The van der Waals surface area contributed by atoms with Crippen molar-refractivity contribution in [2.45, 2.75) is 33.1 Å². The topological polar surface area (TPSA) is 95.4 Å². The van der Waals surface area contributed by atoms with Crippen LogP contribution in [0.4, 0.5) is 19.7 Å². The highest BCUT2D eigenvalue weighted by Gasteiger charge is 2.26. The molecule has 3 aromatic rings. The van der Waals surface area contributed by atoms with Gasteiger partial charge >= 0.3 is 5.97 Å². The first-order valence-electron chi connectivity index (χ1n) is 11.5. The summed E-state index contributed by atoms with van der Waals surface area (Å²) in [5, 5.41) is 11.4. The standard InChI is InChI=1S/C25H25ClF2N4O3S/c1-13(2)9-16-10-15(3-4-19(16)27)20-21(28)36-25(30-20)31-23(33)17-11-18(26)22(29-12-17)32-7-5-14(6-8-32)24(34)35/h3-4,10-14H,5-9H2,1-2H3,(H,34,35)(H,30,31,33). The van der Waals surface area contributed by atoms with Crippen LogP contribution in [-0.4, -0.2) is 40.0 Å². The second-order valence-corrected chi connectivity index (χ2v) is 10.5. The van der Waals surface area contributed by atoms with Crippen LogP contribution in [0.3, 0.4) is 0 Å². The summed E-state index contributed by atoms with van der Waals surface area (Å²) in [6.45, 7) is 4.94. The number of halogens is 3. The molecule has 0 unspecified atom stereocenters. The maximum atomic E-state index is 14.7. The van der Waals surface area contributed by atoms with Crippen LogP contribution in [0, 0.1) is 22.8 Å². The zero-order valence-corrected chi connectivity index (χ0v) is 21.3. The van der Waals surface area contributed by atoms with Crippen LogP contribution in [0.25, 0.3) is 11.3 Å². The highest BCUT2D eigenvalue weighted by atomic mass is 35.5. The number of aliphatic carboxylic acids is 1. The molecule has 7 nitrogen and oxygen atoms in total. The van der Waals surface area contributed by atoms with Gasteiger partial charge < -0.3 is 10.0 Å². The Labute approximate surface area is 216 Å². The van der Waals surface area contributed by atoms with E-state index in [1.807, 2.05) is 18.7 Å². The molecule has 4 rings (SSSR count). The number of thiazole rings is 1. The predicted molar refractivity (Wildman–Crippen MR) is 136 cm³/mol. The number of nitrogens with one attached hydrogen (secondary N) is 1. The monoisotopic (exact) mass is 534 g/mol. The number of amides is 1. The summed E-state index contributed by atoms with van der Waals surface area (Å²) in [5.41, 5.74) is 1.12. The van der Waals surface area contributed by atoms with Gasteiger partial charge in [-0.1, -0.05) is 36.8 Å². The summed E-state index contributed by atoms with van der Waals surface area (Å²) >= 11 is 7.05. The fourth-order valence-electron chi connectivity index (χ4n) is 4.15. The number of hydrogen-bond donors (Lipinski definition) is 2. The molecule has 1 aliphatic heterocycles. The Morgan fingerprint density at radius 3 is 2.61 bits per heavy atom. The fraction of sp³-hybridized carbons (Fsp3) is 0.360. The molecular weight excluding hydrogens is 510 g/mol. The van der Waals surface area contributed by atoms with Gasteiger partial charge in [-0.15, -0.1) is 0 Å². The first kappa shape index (κ1) is 26.0. The van der Waals surface area contributed by atoms with Crippen molar-refractivity contribution in [1.29, 1.82) is 0 Å². The number of rotatable bonds is 7. The average Bonchev–Trinajstić information content (AvgIpc) is 3.20. The first-order valence-corrected chi connectivity index (χ1v) is 12.7. The number of aromatic nitrogens is 2. The van der Waals surface area contributed by atoms with Crippen molar-refractivity contribution in [3.05, 3.63) is 57.6 Å². The van der Waals surface area contributed by atoms with Gasteiger partial charge in [0.2, 0.25) is 5.13 Å². The summed E-state index contributed by atoms with van der Waals surface area (Å²) in [4.78, 5) is 34.3. The molecular formula is C25H25ClF2N4O3S. The lowest BCUT2D eigenvalue weighted by atomic mass is 9.97. The predicted octanol–water partition coefficient (Wildman–Crippen LogP) is 5.89. The molecule has 3 heterocycles. The number of carboxylic acids is 1. The maximum Gasteiger partial charge on any atom is 0.306 e. The number of pyridine rings is 1. The number of benzene rings is 1. The van der Waals surface area contributed by atoms with E-state index in [9.17, 15) is 18.4 Å². The molecule has 11 heteroatoms. The van der Waals surface area contributed by atoms with Crippen molar-refractivity contribution in [1.82, 2.24) is 9.97 Å². The lowest BCUT2D eigenvalue weighted by Crippen LogP contribution is -2.37. The van der Waals surface area contributed by atoms with Crippen LogP contribution in [-0.2, 0) is 11.2 Å². The summed E-state index contributed by atoms with van der Waals surface area (Å²) < 4.78 is 28.8. The van der Waals surface area contributed by atoms with E-state index >= 15 is 0 Å². The van der Waals surface area contributed by atoms with Crippen molar-refractivity contribution in [3.63, 3.8) is 0 Å². The largest absolute Gasteiger partial charge is 0.481 e. The number of hydrogen-bond acceptors (Lipinski definition) is 6. The van der Waals surface area contributed by atoms with Gasteiger partial charge in [0.05, 0.1) is 16.5 Å². The molecule has 0 atom stereocenters. The fourth-order valence-corrected chi connectivity index (χ4v) is 5.14. The molecule has 0 bridgehead atoms. The summed E-state index contributed by atoms with van der Waals surface area (Å²) in [6.07, 6.45) is 2.85. The third-order valence-corrected chi connectivity index (χ3v) is 7.02. The SMILES string of the molecule is CC(C)Cc1cc(-c2nc(NC(=O)c3cnc(N4CCC(C(=O)O)CC4)c(Cl)c3)sc2F)ccc1F. The lowest BCUT2D eigenvalue weighted by molar-refractivity contribution is -0.142. The molecule has 0 spiro atoms. The van der Waals surface area contributed by atoms with E-state index in [2.05, 4.69) is 15.3 Å². The smallest absolute Gasteiger partial charge is 0.306 e. The number of carbonyl (C=O) groups excluding carboxylic acids is 1. The van der Waals surface area contributed by atoms with E-state index in [0.29, 0.717) is 60.6 Å². The minimum absolute atomic E-state index is 0.0385. The van der Waals surface area contributed by atoms with E-state index in [-0.39, 0.29) is 39.1 Å². The summed E-state index contributed by atoms with van der Waals surface area (Å²) in [5.74, 6) is -1.39. The van der Waals surface area contributed by atoms with Crippen LogP contribution in [0.5, 0.6) is 0 Å². The molecule has 190 valence electrons. The van der Waals surface area contributed by atoms with Crippen LogP contribution < -0.4 is 10.2 Å². The average molecular weight is 535 g/mol. The van der Waals surface area contributed by atoms with Gasteiger partial charge in [0.15, 0.2) is 5.13 Å². The van der Waals surface area contributed by atoms with E-state index < -0.39 is 17.0 Å². The number of nitrogens with zero attached hydrogens (tertiary/aromatic N) is 3. The molecule has 36 heavy (non-hydrogen) atoms. The van der Waals surface area contributed by atoms with Gasteiger partial charge in [-0.05, 0) is 55.0 Å². The molecule has 1 aromatic carbocycles. The normalized spacial score (nSPS) is 14.3. The van der Waals surface area contributed by atoms with Gasteiger partial charge in [0, 0.05) is 24.8 Å². The van der Waals surface area contributed by atoms with Crippen molar-refractivity contribution in [2.24, 2.45) is 11.8 Å². The van der Waals surface area contributed by atoms with E-state index in [1.165, 1.54) is 24.4 Å². The number of anilines is 2. The van der Waals surface area contributed by atoms with Crippen LogP contribution in [0.15, 0.2) is 30.5 Å². The zero-order chi connectivity index (χ0) is 26.0. The first-order chi connectivity index (χ1) is 17.1. The van der Waals surface area contributed by atoms with Gasteiger partial charge in [0.25, 0.3) is 5.91 Å². The van der Waals surface area contributed by atoms with Gasteiger partial charge in [-0.2, -0.15) is 4.39 Å². The van der Waals surface area contributed by atoms with Gasteiger partial charge in [0.1, 0.15) is 17.3 Å². The molecule has 1 saturated heterocycles. The Balaban J connectivity index is 1.47. The Kier molecular flexibility index (Phi) is 7.85. The van der Waals surface area contributed by atoms with E-state index in [0.717, 1.165) is 0 Å². The zero-order valence-electron chi connectivity index (χ0n) is 19.7. The van der Waals surface area contributed by atoms with E-state index in [1.54, 1.807) is 6.07 Å². The Morgan fingerprint density at radius 2 is 1.97 bits per heavy atom. The van der Waals surface area contributed by atoms with Crippen molar-refractivity contribution >= 4 is 45.8 Å². The Hall–Kier alpha value is -3.11. The molecule has 0 aliphatic carbocycles. The second kappa shape index (κ2) is 10.9. The lowest BCUT2D eigenvalue weighted by Gasteiger charge is -2.31. The van der Waals surface area contributed by atoms with Gasteiger partial charge in [-0.25, -0.2) is 14.4 Å². The third kappa shape index (κ3) is 5.82.